The summed E-state index contributed by atoms with van der Waals surface area (Å²) in [6.45, 7) is 4.19. The van der Waals surface area contributed by atoms with Crippen LogP contribution in [-0.2, 0) is 9.59 Å². The summed E-state index contributed by atoms with van der Waals surface area (Å²) in [6.07, 6.45) is 0. The molecule has 0 bridgehead atoms. The highest BCUT2D eigenvalue weighted by Gasteiger charge is 2.48. The molecule has 36 heavy (non-hydrogen) atoms. The molecule has 9 nitrogen and oxygen atoms in total. The second-order valence-electron chi connectivity index (χ2n) is 8.00. The van der Waals surface area contributed by atoms with Gasteiger partial charge in [0, 0.05) is 22.6 Å². The van der Waals surface area contributed by atoms with Crippen LogP contribution in [0.4, 0.5) is 10.8 Å². The minimum Gasteiger partial charge on any atom is -0.507 e. The highest BCUT2D eigenvalue weighted by atomic mass is 32.1. The number of amides is 1. The molecule has 0 spiro atoms. The van der Waals surface area contributed by atoms with Crippen molar-refractivity contribution >= 4 is 61.2 Å². The van der Waals surface area contributed by atoms with Gasteiger partial charge in [-0.25, -0.2) is 4.98 Å². The lowest BCUT2D eigenvalue weighted by Crippen LogP contribution is -2.28. The minimum absolute atomic E-state index is 0.0451. The van der Waals surface area contributed by atoms with E-state index in [9.17, 15) is 24.8 Å². The molecule has 1 atom stereocenters. The van der Waals surface area contributed by atoms with Crippen molar-refractivity contribution in [1.82, 2.24) is 4.98 Å². The molecule has 5 rings (SSSR count). The summed E-state index contributed by atoms with van der Waals surface area (Å²) < 4.78 is 6.08. The summed E-state index contributed by atoms with van der Waals surface area (Å²) in [5.74, 6) is -1.29. The number of Topliss-reactive ketones (excluding diaryl/α,β-unsaturated/α-hetero) is 1. The number of thiophene rings is 1. The van der Waals surface area contributed by atoms with Gasteiger partial charge in [-0.05, 0) is 55.1 Å². The standard InChI is InChI=1S/C25H19N3O6S2/c1-3-34-17-9-6-14(11-13(17)2)22(29)20-21(18-5-4-10-35-18)27(24(31)23(20)30)25-26-16-8-7-15(28(32)33)12-19(16)36-25/h4-12,21,29H,3H2,1-2H3/b22-20+. The van der Waals surface area contributed by atoms with E-state index in [0.29, 0.717) is 33.0 Å². The van der Waals surface area contributed by atoms with Crippen molar-refractivity contribution in [3.63, 3.8) is 0 Å². The van der Waals surface area contributed by atoms with E-state index < -0.39 is 22.7 Å². The Labute approximate surface area is 213 Å². The lowest BCUT2D eigenvalue weighted by atomic mass is 9.99. The summed E-state index contributed by atoms with van der Waals surface area (Å²) in [6, 6.07) is 12.0. The Bertz CT molecular complexity index is 1560. The molecule has 0 radical (unpaired) electrons. The molecular formula is C25H19N3O6S2. The number of nitro benzene ring substituents is 1. The van der Waals surface area contributed by atoms with Crippen LogP contribution in [-0.4, -0.2) is 33.3 Å². The number of thiazole rings is 1. The summed E-state index contributed by atoms with van der Waals surface area (Å²) >= 11 is 2.41. The number of anilines is 1. The number of hydrogen-bond acceptors (Lipinski definition) is 9. The molecule has 1 unspecified atom stereocenters. The SMILES string of the molecule is CCOc1ccc(/C(O)=C2\C(=O)C(=O)N(c3nc4ccc([N+](=O)[O-])cc4s3)C2c2cccs2)cc1C. The van der Waals surface area contributed by atoms with Gasteiger partial charge in [-0.2, -0.15) is 0 Å². The number of nitro groups is 1. The molecule has 1 aliphatic heterocycles. The van der Waals surface area contributed by atoms with Crippen molar-refractivity contribution in [3.05, 3.63) is 85.6 Å². The van der Waals surface area contributed by atoms with Gasteiger partial charge in [0.1, 0.15) is 17.6 Å². The van der Waals surface area contributed by atoms with E-state index in [2.05, 4.69) is 4.98 Å². The van der Waals surface area contributed by atoms with Crippen molar-refractivity contribution in [2.24, 2.45) is 0 Å². The largest absolute Gasteiger partial charge is 0.507 e. The molecule has 0 aliphatic carbocycles. The molecule has 4 aromatic rings. The van der Waals surface area contributed by atoms with Gasteiger partial charge in [0.15, 0.2) is 5.13 Å². The molecule has 1 saturated heterocycles. The number of hydrogen-bond donors (Lipinski definition) is 1. The van der Waals surface area contributed by atoms with Gasteiger partial charge in [-0.3, -0.25) is 24.6 Å². The maximum atomic E-state index is 13.3. The number of ketones is 1. The third-order valence-corrected chi connectivity index (χ3v) is 7.73. The van der Waals surface area contributed by atoms with Crippen LogP contribution < -0.4 is 9.64 Å². The number of aryl methyl sites for hydroxylation is 1. The van der Waals surface area contributed by atoms with Crippen LogP contribution in [0.5, 0.6) is 5.75 Å². The number of aromatic nitrogens is 1. The summed E-state index contributed by atoms with van der Waals surface area (Å²) in [5, 5.41) is 24.5. The zero-order valence-corrected chi connectivity index (χ0v) is 20.8. The Balaban J connectivity index is 1.66. The van der Waals surface area contributed by atoms with Crippen LogP contribution in [0, 0.1) is 17.0 Å². The lowest BCUT2D eigenvalue weighted by molar-refractivity contribution is -0.384. The molecule has 11 heteroatoms. The summed E-state index contributed by atoms with van der Waals surface area (Å²) in [7, 11) is 0. The minimum atomic E-state index is -0.896. The van der Waals surface area contributed by atoms with Crippen LogP contribution in [0.25, 0.3) is 16.0 Å². The van der Waals surface area contributed by atoms with Gasteiger partial charge in [-0.1, -0.05) is 17.4 Å². The fourth-order valence-corrected chi connectivity index (χ4v) is 5.98. The zero-order valence-electron chi connectivity index (χ0n) is 19.1. The number of aliphatic hydroxyl groups excluding tert-OH is 1. The topological polar surface area (TPSA) is 123 Å². The molecular weight excluding hydrogens is 502 g/mol. The predicted molar refractivity (Wildman–Crippen MR) is 138 cm³/mol. The molecule has 0 saturated carbocycles. The first-order chi connectivity index (χ1) is 17.3. The normalized spacial score (nSPS) is 17.2. The maximum Gasteiger partial charge on any atom is 0.301 e. The van der Waals surface area contributed by atoms with E-state index in [1.54, 1.807) is 30.3 Å². The van der Waals surface area contributed by atoms with Crippen molar-refractivity contribution in [3.8, 4) is 5.75 Å². The van der Waals surface area contributed by atoms with Crippen molar-refractivity contribution < 1.29 is 24.4 Å². The second-order valence-corrected chi connectivity index (χ2v) is 9.99. The summed E-state index contributed by atoms with van der Waals surface area (Å²) in [4.78, 5) is 43.7. The fourth-order valence-electron chi connectivity index (χ4n) is 4.13. The predicted octanol–water partition coefficient (Wildman–Crippen LogP) is 5.60. The molecule has 1 aliphatic rings. The molecule has 1 N–H and O–H groups in total. The average molecular weight is 522 g/mol. The molecule has 182 valence electrons. The number of nitrogens with zero attached hydrogens (tertiary/aromatic N) is 3. The third kappa shape index (κ3) is 3.91. The first-order valence-corrected chi connectivity index (χ1v) is 12.6. The van der Waals surface area contributed by atoms with Crippen LogP contribution in [0.2, 0.25) is 0 Å². The van der Waals surface area contributed by atoms with E-state index in [-0.39, 0.29) is 22.2 Å². The number of fused-ring (bicyclic) bond motifs is 1. The van der Waals surface area contributed by atoms with Gasteiger partial charge >= 0.3 is 5.91 Å². The Kier molecular flexibility index (Phi) is 6.02. The Hall–Kier alpha value is -4.09. The van der Waals surface area contributed by atoms with Crippen molar-refractivity contribution in [1.29, 1.82) is 0 Å². The number of rotatable bonds is 6. The molecule has 2 aromatic carbocycles. The van der Waals surface area contributed by atoms with Gasteiger partial charge in [0.05, 0.1) is 27.3 Å². The third-order valence-electron chi connectivity index (χ3n) is 5.78. The van der Waals surface area contributed by atoms with Gasteiger partial charge < -0.3 is 9.84 Å². The first kappa shape index (κ1) is 23.6. The monoisotopic (exact) mass is 521 g/mol. The Morgan fingerprint density at radius 3 is 2.69 bits per heavy atom. The van der Waals surface area contributed by atoms with Crippen molar-refractivity contribution in [2.75, 3.05) is 11.5 Å². The van der Waals surface area contributed by atoms with Crippen LogP contribution in [0.3, 0.4) is 0 Å². The zero-order chi connectivity index (χ0) is 25.6. The van der Waals surface area contributed by atoms with Crippen LogP contribution in [0.15, 0.2) is 59.5 Å². The van der Waals surface area contributed by atoms with E-state index in [1.165, 1.54) is 34.4 Å². The van der Waals surface area contributed by atoms with E-state index in [1.807, 2.05) is 19.2 Å². The quantitative estimate of drug-likeness (QED) is 0.115. The van der Waals surface area contributed by atoms with Crippen LogP contribution >= 0.6 is 22.7 Å². The lowest BCUT2D eigenvalue weighted by Gasteiger charge is -2.21. The highest BCUT2D eigenvalue weighted by molar-refractivity contribution is 7.22. The molecule has 2 aromatic heterocycles. The average Bonchev–Trinajstić information content (AvgIpc) is 3.58. The van der Waals surface area contributed by atoms with Gasteiger partial charge in [-0.15, -0.1) is 11.3 Å². The highest BCUT2D eigenvalue weighted by Crippen LogP contribution is 2.45. The molecule has 3 heterocycles. The molecule has 1 fully saturated rings. The maximum absolute atomic E-state index is 13.3. The van der Waals surface area contributed by atoms with Gasteiger partial charge in [0.2, 0.25) is 0 Å². The number of carbonyl (C=O) groups excluding carboxylic acids is 2. The van der Waals surface area contributed by atoms with E-state index >= 15 is 0 Å². The van der Waals surface area contributed by atoms with Crippen LogP contribution in [0.1, 0.15) is 29.0 Å². The first-order valence-electron chi connectivity index (χ1n) is 10.9. The number of benzene rings is 2. The van der Waals surface area contributed by atoms with Gasteiger partial charge in [0.25, 0.3) is 11.5 Å². The number of non-ortho nitro benzene ring substituents is 1. The Morgan fingerprint density at radius 2 is 2.03 bits per heavy atom. The fraction of sp³-hybridized carbons (Fsp3) is 0.160. The van der Waals surface area contributed by atoms with E-state index in [4.69, 9.17) is 4.74 Å². The number of carbonyl (C=O) groups is 2. The second kappa shape index (κ2) is 9.17. The molecule has 1 amide bonds. The smallest absolute Gasteiger partial charge is 0.301 e. The number of aliphatic hydroxyl groups is 1. The number of ether oxygens (including phenoxy) is 1. The van der Waals surface area contributed by atoms with Crippen molar-refractivity contribution in [2.45, 2.75) is 19.9 Å². The summed E-state index contributed by atoms with van der Waals surface area (Å²) in [5.41, 5.74) is 1.48. The van der Waals surface area contributed by atoms with E-state index in [0.717, 1.165) is 16.9 Å². The Morgan fingerprint density at radius 1 is 1.22 bits per heavy atom.